The lowest BCUT2D eigenvalue weighted by Gasteiger charge is -2.21. The van der Waals surface area contributed by atoms with E-state index in [1.165, 1.54) is 10.5 Å². The maximum absolute atomic E-state index is 13.1. The number of hydrogen-bond donors (Lipinski definition) is 0. The first-order chi connectivity index (χ1) is 13.9. The molecule has 0 aliphatic carbocycles. The maximum atomic E-state index is 13.1. The van der Waals surface area contributed by atoms with E-state index in [1.54, 1.807) is 7.05 Å². The fourth-order valence-electron chi connectivity index (χ4n) is 4.10. The lowest BCUT2D eigenvalue weighted by atomic mass is 10.0. The normalized spacial score (nSPS) is 14.4. The first kappa shape index (κ1) is 19.0. The van der Waals surface area contributed by atoms with Gasteiger partial charge in [0, 0.05) is 49.8 Å². The fraction of sp³-hybridized carbons (Fsp3) is 0.250. The molecule has 4 rings (SSSR count). The Morgan fingerprint density at radius 2 is 1.55 bits per heavy atom. The van der Waals surface area contributed by atoms with E-state index in [1.807, 2.05) is 68.4 Å². The van der Waals surface area contributed by atoms with Crippen molar-refractivity contribution in [1.82, 2.24) is 14.4 Å². The second-order valence-electron chi connectivity index (χ2n) is 7.59. The van der Waals surface area contributed by atoms with Crippen LogP contribution in [0.4, 0.5) is 0 Å². The predicted molar refractivity (Wildman–Crippen MR) is 115 cm³/mol. The molecular weight excluding hydrogens is 362 g/mol. The summed E-state index contributed by atoms with van der Waals surface area (Å²) in [6, 6.07) is 18.2. The molecule has 0 fully saturated rings. The molecular formula is C24H25N3O2. The highest BCUT2D eigenvalue weighted by atomic mass is 16.2. The molecule has 1 aliphatic rings. The van der Waals surface area contributed by atoms with Gasteiger partial charge in [0.2, 0.25) is 0 Å². The van der Waals surface area contributed by atoms with E-state index >= 15 is 0 Å². The number of likely N-dealkylation sites (N-methyl/N-ethyl adjacent to an activating group) is 2. The third-order valence-electron chi connectivity index (χ3n) is 5.87. The number of hydrogen-bond acceptors (Lipinski definition) is 3. The van der Waals surface area contributed by atoms with Gasteiger partial charge in [-0.15, -0.1) is 0 Å². The second kappa shape index (κ2) is 7.24. The molecule has 3 aromatic rings. The average Bonchev–Trinajstić information content (AvgIpc) is 3.12. The molecule has 0 N–H and O–H groups in total. The maximum Gasteiger partial charge on any atom is 0.277 e. The summed E-state index contributed by atoms with van der Waals surface area (Å²) >= 11 is 0. The van der Waals surface area contributed by atoms with Crippen LogP contribution in [0.15, 0.2) is 60.3 Å². The lowest BCUT2D eigenvalue weighted by Crippen LogP contribution is -2.31. The Bertz CT molecular complexity index is 1140. The standard InChI is InChI=1S/C24H25N3O2/c1-16-20(18-12-8-9-13-19(18)26(16)3)21-22(24(29)27(4)23(21)28)25(2)15-14-17-10-6-5-7-11-17/h5-13H,14-15H2,1-4H3. The third kappa shape index (κ3) is 3.03. The van der Waals surface area contributed by atoms with Crippen molar-refractivity contribution in [2.75, 3.05) is 20.6 Å². The van der Waals surface area contributed by atoms with Gasteiger partial charge < -0.3 is 9.47 Å². The van der Waals surface area contributed by atoms with Gasteiger partial charge in [-0.3, -0.25) is 14.5 Å². The van der Waals surface area contributed by atoms with Crippen molar-refractivity contribution < 1.29 is 9.59 Å². The first-order valence-electron chi connectivity index (χ1n) is 9.78. The number of para-hydroxylation sites is 1. The van der Waals surface area contributed by atoms with Crippen LogP contribution in [0.25, 0.3) is 16.5 Å². The zero-order chi connectivity index (χ0) is 20.7. The van der Waals surface area contributed by atoms with E-state index in [0.717, 1.165) is 28.6 Å². The molecule has 0 unspecified atom stereocenters. The van der Waals surface area contributed by atoms with E-state index < -0.39 is 0 Å². The smallest absolute Gasteiger partial charge is 0.277 e. The number of aryl methyl sites for hydroxylation is 1. The molecule has 2 heterocycles. The summed E-state index contributed by atoms with van der Waals surface area (Å²) in [6.45, 7) is 2.65. The van der Waals surface area contributed by atoms with E-state index in [9.17, 15) is 9.59 Å². The molecule has 1 aromatic heterocycles. The Morgan fingerprint density at radius 3 is 2.28 bits per heavy atom. The van der Waals surface area contributed by atoms with E-state index in [0.29, 0.717) is 17.8 Å². The van der Waals surface area contributed by atoms with Gasteiger partial charge in [0.25, 0.3) is 11.8 Å². The van der Waals surface area contributed by atoms with Crippen LogP contribution in [0.3, 0.4) is 0 Å². The van der Waals surface area contributed by atoms with Gasteiger partial charge in [-0.2, -0.15) is 0 Å². The van der Waals surface area contributed by atoms with Crippen molar-refractivity contribution in [3.8, 4) is 0 Å². The summed E-state index contributed by atoms with van der Waals surface area (Å²) in [5, 5.41) is 0.993. The van der Waals surface area contributed by atoms with Crippen LogP contribution in [0.2, 0.25) is 0 Å². The molecule has 1 aliphatic heterocycles. The average molecular weight is 387 g/mol. The Balaban J connectivity index is 1.82. The van der Waals surface area contributed by atoms with Gasteiger partial charge in [-0.05, 0) is 25.0 Å². The molecule has 2 amide bonds. The molecule has 0 atom stereocenters. The lowest BCUT2D eigenvalue weighted by molar-refractivity contribution is -0.135. The van der Waals surface area contributed by atoms with Gasteiger partial charge >= 0.3 is 0 Å². The predicted octanol–water partition coefficient (Wildman–Crippen LogP) is 3.37. The molecule has 0 spiro atoms. The topological polar surface area (TPSA) is 45.6 Å². The number of benzene rings is 2. The summed E-state index contributed by atoms with van der Waals surface area (Å²) in [4.78, 5) is 29.3. The van der Waals surface area contributed by atoms with Gasteiger partial charge in [-0.1, -0.05) is 48.5 Å². The number of carbonyl (C=O) groups is 2. The van der Waals surface area contributed by atoms with Crippen LogP contribution in [-0.2, 0) is 23.1 Å². The van der Waals surface area contributed by atoms with Crippen molar-refractivity contribution in [3.05, 3.63) is 77.1 Å². The van der Waals surface area contributed by atoms with Gasteiger partial charge in [-0.25, -0.2) is 0 Å². The summed E-state index contributed by atoms with van der Waals surface area (Å²) in [5.74, 6) is -0.482. The highest BCUT2D eigenvalue weighted by Crippen LogP contribution is 2.37. The Morgan fingerprint density at radius 1 is 0.897 bits per heavy atom. The van der Waals surface area contributed by atoms with Crippen molar-refractivity contribution in [2.45, 2.75) is 13.3 Å². The number of imide groups is 1. The molecule has 2 aromatic carbocycles. The largest absolute Gasteiger partial charge is 0.369 e. The molecule has 29 heavy (non-hydrogen) atoms. The number of fused-ring (bicyclic) bond motifs is 1. The molecule has 5 nitrogen and oxygen atoms in total. The van der Waals surface area contributed by atoms with Gasteiger partial charge in [0.1, 0.15) is 5.70 Å². The summed E-state index contributed by atoms with van der Waals surface area (Å²) in [7, 11) is 5.44. The van der Waals surface area contributed by atoms with E-state index in [-0.39, 0.29) is 11.8 Å². The number of amides is 2. The van der Waals surface area contributed by atoms with Crippen molar-refractivity contribution in [1.29, 1.82) is 0 Å². The van der Waals surface area contributed by atoms with Crippen LogP contribution in [0.5, 0.6) is 0 Å². The molecule has 0 saturated carbocycles. The highest BCUT2D eigenvalue weighted by molar-refractivity contribution is 6.37. The quantitative estimate of drug-likeness (QED) is 0.631. The van der Waals surface area contributed by atoms with Crippen molar-refractivity contribution in [2.24, 2.45) is 7.05 Å². The summed E-state index contributed by atoms with van der Waals surface area (Å²) in [5.41, 5.74) is 5.07. The number of aromatic nitrogens is 1. The number of carbonyl (C=O) groups excluding carboxylic acids is 2. The Kier molecular flexibility index (Phi) is 4.74. The van der Waals surface area contributed by atoms with Crippen LogP contribution < -0.4 is 0 Å². The molecule has 0 bridgehead atoms. The molecule has 0 radical (unpaired) electrons. The van der Waals surface area contributed by atoms with Crippen LogP contribution in [-0.4, -0.2) is 46.8 Å². The number of rotatable bonds is 5. The van der Waals surface area contributed by atoms with Crippen LogP contribution in [0, 0.1) is 6.92 Å². The minimum Gasteiger partial charge on any atom is -0.369 e. The number of nitrogens with zero attached hydrogens (tertiary/aromatic N) is 3. The second-order valence-corrected chi connectivity index (χ2v) is 7.59. The highest BCUT2D eigenvalue weighted by Gasteiger charge is 2.40. The van der Waals surface area contributed by atoms with Gasteiger partial charge in [0.15, 0.2) is 0 Å². The summed E-state index contributed by atoms with van der Waals surface area (Å²) in [6.07, 6.45) is 0.799. The Labute approximate surface area is 170 Å². The molecule has 0 saturated heterocycles. The zero-order valence-corrected chi connectivity index (χ0v) is 17.3. The van der Waals surface area contributed by atoms with Crippen LogP contribution in [0.1, 0.15) is 16.8 Å². The SMILES string of the molecule is Cc1c(C2=C(N(C)CCc3ccccc3)C(=O)N(C)C2=O)c2ccccc2n1C. The minimum absolute atomic E-state index is 0.240. The minimum atomic E-state index is -0.243. The molecule has 148 valence electrons. The molecule has 5 heteroatoms. The van der Waals surface area contributed by atoms with E-state index in [2.05, 4.69) is 16.7 Å². The fourth-order valence-corrected chi connectivity index (χ4v) is 4.10. The van der Waals surface area contributed by atoms with Crippen molar-refractivity contribution in [3.63, 3.8) is 0 Å². The van der Waals surface area contributed by atoms with Crippen molar-refractivity contribution >= 4 is 28.3 Å². The van der Waals surface area contributed by atoms with Crippen LogP contribution >= 0.6 is 0 Å². The summed E-state index contributed by atoms with van der Waals surface area (Å²) < 4.78 is 2.08. The third-order valence-corrected chi connectivity index (χ3v) is 5.87. The first-order valence-corrected chi connectivity index (χ1v) is 9.78. The van der Waals surface area contributed by atoms with Gasteiger partial charge in [0.05, 0.1) is 5.57 Å². The van der Waals surface area contributed by atoms with E-state index in [4.69, 9.17) is 0 Å². The monoisotopic (exact) mass is 387 g/mol. The zero-order valence-electron chi connectivity index (χ0n) is 17.3. The Hall–Kier alpha value is -3.34.